The molecule has 3 heterocycles. The third-order valence-electron chi connectivity index (χ3n) is 9.87. The molecule has 55 heavy (non-hydrogen) atoms. The van der Waals surface area contributed by atoms with E-state index in [1.54, 1.807) is 13.3 Å². The van der Waals surface area contributed by atoms with Crippen LogP contribution in [0.15, 0.2) is 146 Å². The molecule has 0 saturated carbocycles. The third kappa shape index (κ3) is 6.52. The normalized spacial score (nSPS) is 11.1. The summed E-state index contributed by atoms with van der Waals surface area (Å²) in [7, 11) is 1.66. The van der Waals surface area contributed by atoms with Crippen molar-refractivity contribution in [2.45, 2.75) is 20.8 Å². The molecule has 3 aromatic heterocycles. The first kappa shape index (κ1) is 35.8. The Labute approximate surface area is 334 Å². The van der Waals surface area contributed by atoms with E-state index < -0.39 is 0 Å². The van der Waals surface area contributed by atoms with Gasteiger partial charge in [-0.2, -0.15) is 16.7 Å². The molecular formula is C48H36N4O2Pd. The first-order valence-corrected chi connectivity index (χ1v) is 18.0. The van der Waals surface area contributed by atoms with Crippen molar-refractivity contribution < 1.29 is 29.9 Å². The van der Waals surface area contributed by atoms with Crippen molar-refractivity contribution in [1.29, 1.82) is 0 Å². The smallest absolute Gasteiger partial charge is 0.509 e. The van der Waals surface area contributed by atoms with Crippen LogP contribution >= 0.6 is 0 Å². The molecule has 0 amide bonds. The van der Waals surface area contributed by atoms with Crippen molar-refractivity contribution in [1.82, 2.24) is 19.3 Å². The summed E-state index contributed by atoms with van der Waals surface area (Å²) < 4.78 is 16.3. The van der Waals surface area contributed by atoms with Gasteiger partial charge in [0.05, 0.1) is 12.8 Å². The third-order valence-corrected chi connectivity index (χ3v) is 9.87. The largest absolute Gasteiger partial charge is 2.00 e. The van der Waals surface area contributed by atoms with Crippen LogP contribution in [0.25, 0.3) is 67.0 Å². The quantitative estimate of drug-likeness (QED) is 0.113. The minimum absolute atomic E-state index is 0. The molecule has 9 rings (SSSR count). The molecule has 0 saturated heterocycles. The summed E-state index contributed by atoms with van der Waals surface area (Å²) in [6.45, 7) is 6.41. The molecule has 0 N–H and O–H groups in total. The van der Waals surface area contributed by atoms with Gasteiger partial charge in [0.15, 0.2) is 0 Å². The van der Waals surface area contributed by atoms with Crippen LogP contribution in [0.2, 0.25) is 0 Å². The Hall–Kier alpha value is -6.26. The van der Waals surface area contributed by atoms with Crippen molar-refractivity contribution in [3.8, 4) is 62.4 Å². The van der Waals surface area contributed by atoms with Gasteiger partial charge in [-0.25, -0.2) is 4.98 Å². The molecular weight excluding hydrogens is 771 g/mol. The van der Waals surface area contributed by atoms with E-state index in [2.05, 4.69) is 128 Å². The molecule has 6 nitrogen and oxygen atoms in total. The van der Waals surface area contributed by atoms with Crippen molar-refractivity contribution in [2.24, 2.45) is 0 Å². The van der Waals surface area contributed by atoms with Crippen LogP contribution < -0.4 is 9.47 Å². The van der Waals surface area contributed by atoms with E-state index in [1.165, 1.54) is 16.7 Å². The fourth-order valence-electron chi connectivity index (χ4n) is 7.47. The molecule has 0 atom stereocenters. The van der Waals surface area contributed by atoms with Gasteiger partial charge in [0.2, 0.25) is 0 Å². The maximum absolute atomic E-state index is 6.64. The van der Waals surface area contributed by atoms with Gasteiger partial charge in [0.1, 0.15) is 17.3 Å². The molecule has 0 bridgehead atoms. The maximum atomic E-state index is 6.64. The minimum Gasteiger partial charge on any atom is -0.509 e. The molecule has 6 aromatic carbocycles. The van der Waals surface area contributed by atoms with Crippen LogP contribution in [0.3, 0.4) is 0 Å². The molecule has 0 unspecified atom stereocenters. The van der Waals surface area contributed by atoms with E-state index in [9.17, 15) is 0 Å². The number of nitrogens with zero attached hydrogens (tertiary/aromatic N) is 4. The van der Waals surface area contributed by atoms with Crippen molar-refractivity contribution in [3.05, 3.63) is 175 Å². The average molecular weight is 807 g/mol. The molecule has 9 aromatic rings. The topological polar surface area (TPSA) is 54.1 Å². The van der Waals surface area contributed by atoms with Crippen LogP contribution in [-0.2, 0) is 20.4 Å². The van der Waals surface area contributed by atoms with E-state index in [-0.39, 0.29) is 20.4 Å². The molecule has 7 heteroatoms. The van der Waals surface area contributed by atoms with Crippen LogP contribution in [0.4, 0.5) is 0 Å². The predicted octanol–water partition coefficient (Wildman–Crippen LogP) is 11.7. The van der Waals surface area contributed by atoms with Crippen LogP contribution in [0.1, 0.15) is 16.7 Å². The molecule has 0 aliphatic heterocycles. The first-order chi connectivity index (χ1) is 26.5. The van der Waals surface area contributed by atoms with Gasteiger partial charge < -0.3 is 14.0 Å². The van der Waals surface area contributed by atoms with E-state index in [0.717, 1.165) is 72.7 Å². The van der Waals surface area contributed by atoms with Crippen molar-refractivity contribution in [2.75, 3.05) is 7.11 Å². The van der Waals surface area contributed by atoms with Gasteiger partial charge in [-0.15, -0.1) is 35.7 Å². The summed E-state index contributed by atoms with van der Waals surface area (Å²) in [6.07, 6.45) is 1.76. The number of aryl methyl sites for hydroxylation is 3. The van der Waals surface area contributed by atoms with Crippen LogP contribution in [0, 0.1) is 32.9 Å². The molecule has 0 fully saturated rings. The monoisotopic (exact) mass is 806 g/mol. The van der Waals surface area contributed by atoms with Crippen molar-refractivity contribution >= 4 is 21.8 Å². The molecule has 270 valence electrons. The Morgan fingerprint density at radius 1 is 0.618 bits per heavy atom. The number of hydrogen-bond donors (Lipinski definition) is 0. The number of hydrogen-bond acceptors (Lipinski definition) is 4. The van der Waals surface area contributed by atoms with E-state index in [0.29, 0.717) is 11.5 Å². The second-order valence-corrected chi connectivity index (χ2v) is 13.5. The number of benzene rings is 6. The second-order valence-electron chi connectivity index (χ2n) is 13.5. The van der Waals surface area contributed by atoms with Crippen LogP contribution in [0.5, 0.6) is 17.2 Å². The van der Waals surface area contributed by atoms with Crippen molar-refractivity contribution in [3.63, 3.8) is 0 Å². The maximum Gasteiger partial charge on any atom is 2.00 e. The number of rotatable bonds is 8. The van der Waals surface area contributed by atoms with Gasteiger partial charge in [-0.1, -0.05) is 110 Å². The molecule has 0 spiro atoms. The SMILES string of the molecule is COc1ccnc(-n2c3[c-]c(Oc4[c-]c(-n5nc(-c6ccccc6)c(-c6c(C)cccc6C)c5-c5ccccc5)cc(C)c4)ccc3c3ccccc32)c1.[Pd+2]. The van der Waals surface area contributed by atoms with Gasteiger partial charge in [-0.05, 0) is 53.7 Å². The van der Waals surface area contributed by atoms with Gasteiger partial charge >= 0.3 is 20.4 Å². The van der Waals surface area contributed by atoms with E-state index in [4.69, 9.17) is 19.6 Å². The summed E-state index contributed by atoms with van der Waals surface area (Å²) in [5, 5.41) is 7.55. The number of methoxy groups -OCH3 is 1. The fraction of sp³-hybridized carbons (Fsp3) is 0.0833. The molecule has 0 aliphatic carbocycles. The Morgan fingerprint density at radius 2 is 1.33 bits per heavy atom. The summed E-state index contributed by atoms with van der Waals surface area (Å²) in [5.74, 6) is 2.59. The summed E-state index contributed by atoms with van der Waals surface area (Å²) in [4.78, 5) is 4.70. The Bertz CT molecular complexity index is 2800. The van der Waals surface area contributed by atoms with E-state index >= 15 is 0 Å². The van der Waals surface area contributed by atoms with Gasteiger partial charge in [0, 0.05) is 46.0 Å². The molecule has 0 aliphatic rings. The van der Waals surface area contributed by atoms with Crippen LogP contribution in [-0.4, -0.2) is 26.4 Å². The minimum atomic E-state index is 0. The fourth-order valence-corrected chi connectivity index (χ4v) is 7.47. The van der Waals surface area contributed by atoms with Gasteiger partial charge in [0.25, 0.3) is 0 Å². The number of aromatic nitrogens is 4. The zero-order valence-electron chi connectivity index (χ0n) is 30.8. The Kier molecular flexibility index (Phi) is 9.67. The Morgan fingerprint density at radius 3 is 2.07 bits per heavy atom. The zero-order chi connectivity index (χ0) is 36.8. The number of fused-ring (bicyclic) bond motifs is 3. The second kappa shape index (κ2) is 14.9. The average Bonchev–Trinajstić information content (AvgIpc) is 3.75. The molecule has 0 radical (unpaired) electrons. The van der Waals surface area contributed by atoms with Gasteiger partial charge in [-0.3, -0.25) is 4.68 Å². The standard InChI is InChI=1S/C48H36N4O2.Pd/c1-31-26-36(52-48(35-18-9-6-10-19-35)46(45-32(2)14-13-15-33(45)3)47(50-52)34-16-7-5-8-17-34)28-39(27-31)54-38-22-23-41-40-20-11-12-21-42(40)51(43(41)29-38)44-30-37(53-4)24-25-49-44;/h5-27,30H,1-4H3;/q-2;+2. The summed E-state index contributed by atoms with van der Waals surface area (Å²) in [5.41, 5.74) is 12.3. The number of pyridine rings is 1. The number of ether oxygens (including phenoxy) is 2. The summed E-state index contributed by atoms with van der Waals surface area (Å²) in [6, 6.07) is 54.7. The zero-order valence-corrected chi connectivity index (χ0v) is 32.3. The first-order valence-electron chi connectivity index (χ1n) is 18.0. The summed E-state index contributed by atoms with van der Waals surface area (Å²) >= 11 is 0. The number of para-hydroxylation sites is 1. The predicted molar refractivity (Wildman–Crippen MR) is 217 cm³/mol. The Balaban J connectivity index is 0.00000427. The van der Waals surface area contributed by atoms with E-state index in [1.807, 2.05) is 53.2 Å².